The Morgan fingerprint density at radius 2 is 1.71 bits per heavy atom. The number of para-hydroxylation sites is 2. The maximum absolute atomic E-state index is 13.3. The van der Waals surface area contributed by atoms with Crippen LogP contribution in [0.3, 0.4) is 0 Å². The van der Waals surface area contributed by atoms with E-state index < -0.39 is 23.8 Å². The molecule has 2 aliphatic rings. The van der Waals surface area contributed by atoms with Gasteiger partial charge in [-0.15, -0.1) is 0 Å². The molecule has 0 radical (unpaired) electrons. The third-order valence-corrected chi connectivity index (χ3v) is 5.03. The summed E-state index contributed by atoms with van der Waals surface area (Å²) in [5.74, 6) is -1.75. The number of carbonyl (C=O) groups excluding carboxylic acids is 3. The summed E-state index contributed by atoms with van der Waals surface area (Å²) in [5, 5.41) is 5.83. The van der Waals surface area contributed by atoms with E-state index >= 15 is 0 Å². The van der Waals surface area contributed by atoms with Crippen LogP contribution in [0.4, 0.5) is 11.4 Å². The molecule has 0 saturated carbocycles. The highest BCUT2D eigenvalue weighted by Crippen LogP contribution is 2.40. The molecule has 4 rings (SSSR count). The number of methoxy groups -OCH3 is 1. The Labute approximate surface area is 162 Å². The lowest BCUT2D eigenvalue weighted by Gasteiger charge is -2.23. The number of hydrazone groups is 1. The number of carbonyl (C=O) groups is 3. The Hall–Kier alpha value is -3.48. The molecule has 0 spiro atoms. The molecule has 1 saturated heterocycles. The number of ketones is 1. The zero-order chi connectivity index (χ0) is 20.0. The molecule has 2 atom stereocenters. The Bertz CT molecular complexity index is 1010. The van der Waals surface area contributed by atoms with Crippen LogP contribution in [0.25, 0.3) is 0 Å². The van der Waals surface area contributed by atoms with Crippen molar-refractivity contribution in [2.45, 2.75) is 19.9 Å². The molecule has 142 valence electrons. The summed E-state index contributed by atoms with van der Waals surface area (Å²) >= 11 is 0. The molecule has 2 aliphatic heterocycles. The number of rotatable bonds is 4. The number of benzene rings is 2. The van der Waals surface area contributed by atoms with Gasteiger partial charge in [-0.25, -0.2) is 4.90 Å². The number of Topliss-reactive ketones (excluding diaryl/α,β-unsaturated/α-hetero) is 1. The van der Waals surface area contributed by atoms with Crippen LogP contribution in [-0.2, 0) is 14.4 Å². The van der Waals surface area contributed by atoms with Gasteiger partial charge < -0.3 is 4.74 Å². The topological polar surface area (TPSA) is 79.3 Å². The highest BCUT2D eigenvalue weighted by Gasteiger charge is 2.58. The molecule has 0 N–H and O–H groups in total. The fourth-order valence-electron chi connectivity index (χ4n) is 3.67. The van der Waals surface area contributed by atoms with E-state index in [-0.39, 0.29) is 11.5 Å². The second kappa shape index (κ2) is 6.60. The van der Waals surface area contributed by atoms with E-state index in [0.29, 0.717) is 17.1 Å². The molecule has 0 aliphatic carbocycles. The fraction of sp³-hybridized carbons (Fsp3) is 0.238. The minimum Gasteiger partial charge on any atom is -0.495 e. The molecule has 2 amide bonds. The second-order valence-corrected chi connectivity index (χ2v) is 6.83. The van der Waals surface area contributed by atoms with E-state index in [2.05, 4.69) is 5.10 Å². The van der Waals surface area contributed by atoms with Crippen molar-refractivity contribution in [1.82, 2.24) is 0 Å². The van der Waals surface area contributed by atoms with Crippen molar-refractivity contribution in [2.75, 3.05) is 17.0 Å². The Kier molecular flexibility index (Phi) is 4.22. The summed E-state index contributed by atoms with van der Waals surface area (Å²) in [6, 6.07) is 13.4. The van der Waals surface area contributed by atoms with Gasteiger partial charge in [0.15, 0.2) is 5.78 Å². The molecule has 1 fully saturated rings. The van der Waals surface area contributed by atoms with Gasteiger partial charge in [-0.2, -0.15) is 5.10 Å². The van der Waals surface area contributed by atoms with Gasteiger partial charge in [0.1, 0.15) is 23.4 Å². The van der Waals surface area contributed by atoms with Gasteiger partial charge in [-0.3, -0.25) is 19.4 Å². The van der Waals surface area contributed by atoms with Crippen LogP contribution in [-0.4, -0.2) is 36.5 Å². The predicted octanol–water partition coefficient (Wildman–Crippen LogP) is 2.33. The summed E-state index contributed by atoms with van der Waals surface area (Å²) in [7, 11) is 1.48. The van der Waals surface area contributed by atoms with Crippen molar-refractivity contribution < 1.29 is 19.1 Å². The zero-order valence-corrected chi connectivity index (χ0v) is 15.7. The Morgan fingerprint density at radius 3 is 2.36 bits per heavy atom. The lowest BCUT2D eigenvalue weighted by molar-refractivity contribution is -0.122. The van der Waals surface area contributed by atoms with Gasteiger partial charge in [0.2, 0.25) is 5.91 Å². The van der Waals surface area contributed by atoms with Crippen LogP contribution in [0.15, 0.2) is 53.6 Å². The number of ether oxygens (including phenoxy) is 1. The average Bonchev–Trinajstić information content (AvgIpc) is 3.20. The lowest BCUT2D eigenvalue weighted by atomic mass is 9.95. The molecule has 2 unspecified atom stereocenters. The minimum atomic E-state index is -0.934. The monoisotopic (exact) mass is 377 g/mol. The number of imide groups is 1. The minimum absolute atomic E-state index is 0.0984. The third-order valence-electron chi connectivity index (χ3n) is 5.03. The van der Waals surface area contributed by atoms with Crippen molar-refractivity contribution in [3.8, 4) is 5.75 Å². The summed E-state index contributed by atoms with van der Waals surface area (Å²) in [5.41, 5.74) is 2.17. The summed E-state index contributed by atoms with van der Waals surface area (Å²) < 4.78 is 5.32. The van der Waals surface area contributed by atoms with E-state index in [1.165, 1.54) is 19.0 Å². The van der Waals surface area contributed by atoms with E-state index in [4.69, 9.17) is 4.74 Å². The number of hydrogen-bond donors (Lipinski definition) is 0. The maximum atomic E-state index is 13.3. The van der Waals surface area contributed by atoms with Gasteiger partial charge in [-0.1, -0.05) is 29.8 Å². The zero-order valence-electron chi connectivity index (χ0n) is 15.7. The van der Waals surface area contributed by atoms with Crippen molar-refractivity contribution in [1.29, 1.82) is 0 Å². The normalized spacial score (nSPS) is 21.0. The Morgan fingerprint density at radius 1 is 1.04 bits per heavy atom. The SMILES string of the molecule is COc1ccccc1N1C(=O)C2C(C(C)=O)=NN(c3ccc(C)cc3)C2C1=O. The average molecular weight is 377 g/mol. The van der Waals surface area contributed by atoms with Gasteiger partial charge >= 0.3 is 0 Å². The first-order chi connectivity index (χ1) is 13.4. The van der Waals surface area contributed by atoms with Crippen LogP contribution < -0.4 is 14.6 Å². The van der Waals surface area contributed by atoms with E-state index in [0.717, 1.165) is 10.5 Å². The fourth-order valence-corrected chi connectivity index (χ4v) is 3.67. The van der Waals surface area contributed by atoms with E-state index in [9.17, 15) is 14.4 Å². The van der Waals surface area contributed by atoms with E-state index in [1.807, 2.05) is 31.2 Å². The van der Waals surface area contributed by atoms with Crippen molar-refractivity contribution in [3.05, 3.63) is 54.1 Å². The van der Waals surface area contributed by atoms with E-state index in [1.54, 1.807) is 24.3 Å². The molecular weight excluding hydrogens is 358 g/mol. The molecule has 2 aromatic rings. The van der Waals surface area contributed by atoms with Gasteiger partial charge in [0.05, 0.1) is 18.5 Å². The quantitative estimate of drug-likeness (QED) is 0.764. The highest BCUT2D eigenvalue weighted by atomic mass is 16.5. The summed E-state index contributed by atoms with van der Waals surface area (Å²) in [6.45, 7) is 3.31. The Balaban J connectivity index is 1.82. The third kappa shape index (κ3) is 2.58. The van der Waals surface area contributed by atoms with Crippen LogP contribution in [0, 0.1) is 12.8 Å². The molecule has 7 nitrogen and oxygen atoms in total. The molecule has 2 aromatic carbocycles. The number of aryl methyl sites for hydroxylation is 1. The van der Waals surface area contributed by atoms with Crippen molar-refractivity contribution in [3.63, 3.8) is 0 Å². The number of anilines is 2. The standard InChI is InChI=1S/C21H19N3O4/c1-12-8-10-14(11-9-12)24-19-17(18(22-24)13(2)25)20(26)23(21(19)27)15-6-4-5-7-16(15)28-3/h4-11,17,19H,1-3H3. The first-order valence-corrected chi connectivity index (χ1v) is 8.90. The molecular formula is C21H19N3O4. The first kappa shape index (κ1) is 17.9. The highest BCUT2D eigenvalue weighted by molar-refractivity contribution is 6.49. The molecule has 0 aromatic heterocycles. The molecule has 7 heteroatoms. The van der Waals surface area contributed by atoms with Gasteiger partial charge in [0.25, 0.3) is 5.91 Å². The lowest BCUT2D eigenvalue weighted by Crippen LogP contribution is -2.39. The van der Waals surface area contributed by atoms with Crippen LogP contribution >= 0.6 is 0 Å². The number of nitrogens with zero attached hydrogens (tertiary/aromatic N) is 3. The molecule has 0 bridgehead atoms. The maximum Gasteiger partial charge on any atom is 0.260 e. The molecule has 28 heavy (non-hydrogen) atoms. The number of fused-ring (bicyclic) bond motifs is 1. The van der Waals surface area contributed by atoms with Gasteiger partial charge in [0, 0.05) is 6.92 Å². The number of hydrogen-bond acceptors (Lipinski definition) is 6. The summed E-state index contributed by atoms with van der Waals surface area (Å²) in [4.78, 5) is 39.8. The second-order valence-electron chi connectivity index (χ2n) is 6.83. The number of amides is 2. The largest absolute Gasteiger partial charge is 0.495 e. The molecule has 2 heterocycles. The smallest absolute Gasteiger partial charge is 0.260 e. The summed E-state index contributed by atoms with van der Waals surface area (Å²) in [6.07, 6.45) is 0. The first-order valence-electron chi connectivity index (χ1n) is 8.90. The van der Waals surface area contributed by atoms with Crippen molar-refractivity contribution >= 4 is 34.7 Å². The van der Waals surface area contributed by atoms with Gasteiger partial charge in [-0.05, 0) is 31.2 Å². The van der Waals surface area contributed by atoms with Crippen LogP contribution in [0.5, 0.6) is 5.75 Å². The van der Waals surface area contributed by atoms with Crippen molar-refractivity contribution in [2.24, 2.45) is 11.0 Å². The predicted molar refractivity (Wildman–Crippen MR) is 105 cm³/mol. The van der Waals surface area contributed by atoms with Crippen LogP contribution in [0.2, 0.25) is 0 Å². The van der Waals surface area contributed by atoms with Crippen LogP contribution in [0.1, 0.15) is 12.5 Å².